The molecule has 2 heterocycles. The molecule has 4 aromatic rings. The SMILES string of the molecule is Cc1ccc(-n2nnnc2SCc2nc(N)nc(Nc3ccc(Cl)cc3)n2)cc1C. The molecule has 0 aliphatic carbocycles. The number of thioether (sulfide) groups is 1. The predicted octanol–water partition coefficient (Wildman–Crippen LogP) is 3.74. The van der Waals surface area contributed by atoms with Gasteiger partial charge >= 0.3 is 0 Å². The van der Waals surface area contributed by atoms with Crippen molar-refractivity contribution >= 4 is 40.9 Å². The van der Waals surface area contributed by atoms with Crippen molar-refractivity contribution in [1.82, 2.24) is 35.2 Å². The predicted molar refractivity (Wildman–Crippen MR) is 117 cm³/mol. The number of benzene rings is 2. The van der Waals surface area contributed by atoms with E-state index in [1.165, 1.54) is 22.9 Å². The number of nitrogens with one attached hydrogen (secondary N) is 1. The van der Waals surface area contributed by atoms with Gasteiger partial charge < -0.3 is 11.1 Å². The summed E-state index contributed by atoms with van der Waals surface area (Å²) in [5.41, 5.74) is 9.93. The molecule has 30 heavy (non-hydrogen) atoms. The summed E-state index contributed by atoms with van der Waals surface area (Å²) in [4.78, 5) is 12.8. The zero-order chi connectivity index (χ0) is 21.1. The molecule has 0 atom stereocenters. The van der Waals surface area contributed by atoms with E-state index in [0.29, 0.717) is 27.7 Å². The Hall–Kier alpha value is -3.24. The highest BCUT2D eigenvalue weighted by Gasteiger charge is 2.12. The minimum atomic E-state index is 0.130. The van der Waals surface area contributed by atoms with Crippen LogP contribution in [0.5, 0.6) is 0 Å². The summed E-state index contributed by atoms with van der Waals surface area (Å²) in [6.07, 6.45) is 0. The second-order valence-corrected chi connectivity index (χ2v) is 7.87. The van der Waals surface area contributed by atoms with E-state index in [1.54, 1.807) is 16.8 Å². The van der Waals surface area contributed by atoms with Crippen LogP contribution in [0.2, 0.25) is 5.02 Å². The molecular formula is C19H18ClN9S. The zero-order valence-corrected chi connectivity index (χ0v) is 17.8. The molecule has 0 radical (unpaired) electrons. The number of halogens is 1. The van der Waals surface area contributed by atoms with Crippen LogP contribution >= 0.6 is 23.4 Å². The highest BCUT2D eigenvalue weighted by molar-refractivity contribution is 7.98. The lowest BCUT2D eigenvalue weighted by Crippen LogP contribution is -2.07. The first-order valence-corrected chi connectivity index (χ1v) is 10.4. The first-order chi connectivity index (χ1) is 14.5. The lowest BCUT2D eigenvalue weighted by molar-refractivity contribution is 0.755. The maximum atomic E-state index is 5.92. The largest absolute Gasteiger partial charge is 0.368 e. The van der Waals surface area contributed by atoms with Crippen LogP contribution in [-0.2, 0) is 5.75 Å². The van der Waals surface area contributed by atoms with Gasteiger partial charge in [0.2, 0.25) is 17.1 Å². The Morgan fingerprint density at radius 2 is 1.83 bits per heavy atom. The average Bonchev–Trinajstić information content (AvgIpc) is 3.18. The van der Waals surface area contributed by atoms with E-state index >= 15 is 0 Å². The van der Waals surface area contributed by atoms with Crippen molar-refractivity contribution in [2.24, 2.45) is 0 Å². The fourth-order valence-electron chi connectivity index (χ4n) is 2.64. The molecule has 4 rings (SSSR count). The maximum Gasteiger partial charge on any atom is 0.232 e. The molecule has 0 unspecified atom stereocenters. The summed E-state index contributed by atoms with van der Waals surface area (Å²) in [7, 11) is 0. The van der Waals surface area contributed by atoms with E-state index in [9.17, 15) is 0 Å². The average molecular weight is 440 g/mol. The molecule has 0 saturated heterocycles. The van der Waals surface area contributed by atoms with Crippen LogP contribution in [0.3, 0.4) is 0 Å². The van der Waals surface area contributed by atoms with Gasteiger partial charge in [-0.3, -0.25) is 0 Å². The first-order valence-electron chi connectivity index (χ1n) is 9.00. The van der Waals surface area contributed by atoms with Crippen LogP contribution in [-0.4, -0.2) is 35.2 Å². The molecule has 2 aromatic heterocycles. The Bertz CT molecular complexity index is 1180. The van der Waals surface area contributed by atoms with E-state index in [-0.39, 0.29) is 5.95 Å². The fourth-order valence-corrected chi connectivity index (χ4v) is 3.51. The van der Waals surface area contributed by atoms with Gasteiger partial charge in [-0.2, -0.15) is 19.6 Å². The maximum absolute atomic E-state index is 5.92. The van der Waals surface area contributed by atoms with Crippen LogP contribution in [0.4, 0.5) is 17.6 Å². The van der Waals surface area contributed by atoms with Crippen molar-refractivity contribution in [3.63, 3.8) is 0 Å². The number of hydrogen-bond donors (Lipinski definition) is 2. The number of anilines is 3. The number of nitrogens with zero attached hydrogens (tertiary/aromatic N) is 7. The Balaban J connectivity index is 1.50. The van der Waals surface area contributed by atoms with Gasteiger partial charge in [0, 0.05) is 10.7 Å². The van der Waals surface area contributed by atoms with Gasteiger partial charge in [-0.25, -0.2) is 0 Å². The highest BCUT2D eigenvalue weighted by atomic mass is 35.5. The normalized spacial score (nSPS) is 10.9. The molecule has 0 amide bonds. The minimum Gasteiger partial charge on any atom is -0.368 e. The van der Waals surface area contributed by atoms with Gasteiger partial charge in [0.05, 0.1) is 11.4 Å². The van der Waals surface area contributed by atoms with E-state index in [4.69, 9.17) is 17.3 Å². The first kappa shape index (κ1) is 20.0. The number of nitrogens with two attached hydrogens (primary N) is 1. The Kier molecular flexibility index (Phi) is 5.77. The van der Waals surface area contributed by atoms with Crippen molar-refractivity contribution < 1.29 is 0 Å². The Morgan fingerprint density at radius 1 is 1.03 bits per heavy atom. The number of aromatic nitrogens is 7. The molecule has 11 heteroatoms. The van der Waals surface area contributed by atoms with Gasteiger partial charge in [-0.15, -0.1) is 5.10 Å². The van der Waals surface area contributed by atoms with Gasteiger partial charge in [0.15, 0.2) is 0 Å². The zero-order valence-electron chi connectivity index (χ0n) is 16.2. The van der Waals surface area contributed by atoms with E-state index in [1.807, 2.05) is 30.3 Å². The number of tetrazole rings is 1. The number of rotatable bonds is 6. The number of nitrogen functional groups attached to an aromatic ring is 1. The molecule has 0 bridgehead atoms. The second kappa shape index (κ2) is 8.64. The Labute approximate surface area is 182 Å². The van der Waals surface area contributed by atoms with Crippen molar-refractivity contribution in [2.45, 2.75) is 24.8 Å². The van der Waals surface area contributed by atoms with Crippen LogP contribution in [0.15, 0.2) is 47.6 Å². The van der Waals surface area contributed by atoms with Gasteiger partial charge in [-0.1, -0.05) is 29.4 Å². The quantitative estimate of drug-likeness (QED) is 0.432. The minimum absolute atomic E-state index is 0.130. The summed E-state index contributed by atoms with van der Waals surface area (Å²) in [5, 5.41) is 16.4. The van der Waals surface area contributed by atoms with Gasteiger partial charge in [0.25, 0.3) is 0 Å². The van der Waals surface area contributed by atoms with Gasteiger partial charge in [-0.05, 0) is 71.8 Å². The van der Waals surface area contributed by atoms with E-state index in [2.05, 4.69) is 49.6 Å². The van der Waals surface area contributed by atoms with E-state index in [0.717, 1.165) is 11.4 Å². The third-order valence-corrected chi connectivity index (χ3v) is 5.47. The topological polar surface area (TPSA) is 120 Å². The van der Waals surface area contributed by atoms with E-state index < -0.39 is 0 Å². The molecule has 0 saturated carbocycles. The molecule has 0 fully saturated rings. The van der Waals surface area contributed by atoms with Gasteiger partial charge in [0.1, 0.15) is 5.82 Å². The van der Waals surface area contributed by atoms with Crippen molar-refractivity contribution in [3.8, 4) is 5.69 Å². The summed E-state index contributed by atoms with van der Waals surface area (Å²) >= 11 is 7.33. The second-order valence-electron chi connectivity index (χ2n) is 6.50. The van der Waals surface area contributed by atoms with Crippen LogP contribution in [0, 0.1) is 13.8 Å². The standard InChI is InChI=1S/C19H18ClN9S/c1-11-3-8-15(9-12(11)2)29-19(26-27-28-29)30-10-16-23-17(21)25-18(24-16)22-14-6-4-13(20)5-7-14/h3-9H,10H2,1-2H3,(H3,21,22,23,24,25). The molecule has 3 N–H and O–H groups in total. The molecule has 152 valence electrons. The highest BCUT2D eigenvalue weighted by Crippen LogP contribution is 2.23. The monoisotopic (exact) mass is 439 g/mol. The molecule has 0 aliphatic heterocycles. The third kappa shape index (κ3) is 4.66. The van der Waals surface area contributed by atoms with Crippen molar-refractivity contribution in [2.75, 3.05) is 11.1 Å². The smallest absolute Gasteiger partial charge is 0.232 e. The molecule has 0 aliphatic rings. The summed E-state index contributed by atoms with van der Waals surface area (Å²) < 4.78 is 1.69. The third-order valence-electron chi connectivity index (χ3n) is 4.31. The van der Waals surface area contributed by atoms with Crippen molar-refractivity contribution in [1.29, 1.82) is 0 Å². The summed E-state index contributed by atoms with van der Waals surface area (Å²) in [6.45, 7) is 4.12. The summed E-state index contributed by atoms with van der Waals surface area (Å²) in [6, 6.07) is 13.3. The van der Waals surface area contributed by atoms with Crippen LogP contribution in [0.25, 0.3) is 5.69 Å². The van der Waals surface area contributed by atoms with Crippen LogP contribution in [0.1, 0.15) is 17.0 Å². The Morgan fingerprint density at radius 3 is 2.60 bits per heavy atom. The summed E-state index contributed by atoms with van der Waals surface area (Å²) in [5.74, 6) is 1.42. The molecule has 2 aromatic carbocycles. The molecule has 0 spiro atoms. The lowest BCUT2D eigenvalue weighted by atomic mass is 10.1. The lowest BCUT2D eigenvalue weighted by Gasteiger charge is -2.08. The number of aryl methyl sites for hydroxylation is 2. The number of hydrogen-bond acceptors (Lipinski definition) is 9. The van der Waals surface area contributed by atoms with Crippen LogP contribution < -0.4 is 11.1 Å². The molecular weight excluding hydrogens is 422 g/mol. The van der Waals surface area contributed by atoms with Crippen molar-refractivity contribution in [3.05, 3.63) is 64.4 Å². The molecule has 9 nitrogen and oxygen atoms in total. The fraction of sp³-hybridized carbons (Fsp3) is 0.158.